The molecule has 6 nitrogen and oxygen atoms in total. The molecule has 9 heteroatoms. The molecule has 0 aliphatic carbocycles. The van der Waals surface area contributed by atoms with Crippen LogP contribution in [0.15, 0.2) is 46.9 Å². The second kappa shape index (κ2) is 11.6. The summed E-state index contributed by atoms with van der Waals surface area (Å²) in [6.45, 7) is 6.45. The Morgan fingerprint density at radius 3 is 2.30 bits per heavy atom. The number of halogens is 3. The van der Waals surface area contributed by atoms with Gasteiger partial charge < -0.3 is 20.1 Å². The predicted molar refractivity (Wildman–Crippen MR) is 124 cm³/mol. The van der Waals surface area contributed by atoms with Gasteiger partial charge in [-0.25, -0.2) is 13.6 Å². The maximum Gasteiger partial charge on any atom is 0.410 e. The Hall–Kier alpha value is -2.52. The van der Waals surface area contributed by atoms with Crippen molar-refractivity contribution >= 4 is 27.9 Å². The van der Waals surface area contributed by atoms with E-state index in [2.05, 4.69) is 21.2 Å². The summed E-state index contributed by atoms with van der Waals surface area (Å²) < 4.78 is 33.6. The quantitative estimate of drug-likeness (QED) is 0.527. The molecule has 0 saturated carbocycles. The molecule has 2 aromatic carbocycles. The van der Waals surface area contributed by atoms with Crippen molar-refractivity contribution in [2.75, 3.05) is 6.54 Å². The zero-order chi connectivity index (χ0) is 24.8. The number of hydrogen-bond acceptors (Lipinski definition) is 4. The van der Waals surface area contributed by atoms with Crippen LogP contribution >= 0.6 is 15.9 Å². The molecule has 2 amide bonds. The van der Waals surface area contributed by atoms with Crippen LogP contribution in [0.3, 0.4) is 0 Å². The third-order valence-corrected chi connectivity index (χ3v) is 5.05. The minimum absolute atomic E-state index is 0.0333. The van der Waals surface area contributed by atoms with Gasteiger partial charge in [0.2, 0.25) is 5.91 Å². The molecule has 0 bridgehead atoms. The molecule has 0 heterocycles. The highest BCUT2D eigenvalue weighted by Gasteiger charge is 2.29. The van der Waals surface area contributed by atoms with Gasteiger partial charge in [-0.05, 0) is 62.6 Å². The van der Waals surface area contributed by atoms with E-state index in [1.807, 2.05) is 24.3 Å². The minimum atomic E-state index is -1.24. The molecule has 33 heavy (non-hydrogen) atoms. The van der Waals surface area contributed by atoms with Crippen LogP contribution in [0.2, 0.25) is 0 Å². The van der Waals surface area contributed by atoms with Crippen molar-refractivity contribution in [3.8, 4) is 0 Å². The number of rotatable bonds is 8. The molecule has 180 valence electrons. The zero-order valence-electron chi connectivity index (χ0n) is 19.1. The standard InChI is InChI=1S/C24H29BrF2N2O4/c1-15(30)28-21(11-17-9-19(26)12-20(27)10-17)22(31)14-29(23(32)33-24(2,3)4)13-16-6-5-7-18(25)8-16/h5-10,12,21-22,31H,11,13-14H2,1-4H3,(H,28,30)/t21-,22+/m0/s1. The maximum atomic E-state index is 13.6. The first-order valence-corrected chi connectivity index (χ1v) is 11.2. The van der Waals surface area contributed by atoms with Gasteiger partial charge in [-0.3, -0.25) is 4.79 Å². The summed E-state index contributed by atoms with van der Waals surface area (Å²) in [5, 5.41) is 13.6. The Bertz CT molecular complexity index is 961. The van der Waals surface area contributed by atoms with Crippen molar-refractivity contribution in [1.82, 2.24) is 10.2 Å². The number of hydrogen-bond donors (Lipinski definition) is 2. The van der Waals surface area contributed by atoms with Gasteiger partial charge in [-0.2, -0.15) is 0 Å². The van der Waals surface area contributed by atoms with E-state index >= 15 is 0 Å². The number of benzene rings is 2. The normalized spacial score (nSPS) is 13.2. The first-order valence-electron chi connectivity index (χ1n) is 10.4. The third kappa shape index (κ3) is 9.47. The summed E-state index contributed by atoms with van der Waals surface area (Å²) in [7, 11) is 0. The van der Waals surface area contributed by atoms with E-state index in [0.717, 1.165) is 28.2 Å². The van der Waals surface area contributed by atoms with Gasteiger partial charge >= 0.3 is 6.09 Å². The fourth-order valence-electron chi connectivity index (χ4n) is 3.27. The van der Waals surface area contributed by atoms with Crippen LogP contribution in [0.1, 0.15) is 38.8 Å². The van der Waals surface area contributed by atoms with E-state index in [-0.39, 0.29) is 25.1 Å². The van der Waals surface area contributed by atoms with Crippen LogP contribution in [0.25, 0.3) is 0 Å². The smallest absolute Gasteiger partial charge is 0.410 e. The van der Waals surface area contributed by atoms with Gasteiger partial charge in [0.15, 0.2) is 0 Å². The number of amides is 2. The van der Waals surface area contributed by atoms with Gasteiger partial charge in [0, 0.05) is 24.0 Å². The van der Waals surface area contributed by atoms with Crippen molar-refractivity contribution < 1.29 is 28.2 Å². The average molecular weight is 527 g/mol. The van der Waals surface area contributed by atoms with Crippen LogP contribution in [-0.2, 0) is 22.5 Å². The first-order chi connectivity index (χ1) is 15.3. The van der Waals surface area contributed by atoms with Crippen LogP contribution in [0.5, 0.6) is 0 Å². The topological polar surface area (TPSA) is 78.9 Å². The van der Waals surface area contributed by atoms with Crippen LogP contribution < -0.4 is 5.32 Å². The van der Waals surface area contributed by atoms with E-state index in [9.17, 15) is 23.5 Å². The van der Waals surface area contributed by atoms with Crippen molar-refractivity contribution in [3.63, 3.8) is 0 Å². The molecule has 2 N–H and O–H groups in total. The van der Waals surface area contributed by atoms with Crippen molar-refractivity contribution in [2.45, 2.75) is 58.4 Å². The van der Waals surface area contributed by atoms with E-state index in [1.165, 1.54) is 11.8 Å². The van der Waals surface area contributed by atoms with Crippen molar-refractivity contribution in [1.29, 1.82) is 0 Å². The minimum Gasteiger partial charge on any atom is -0.444 e. The van der Waals surface area contributed by atoms with Gasteiger partial charge in [0.25, 0.3) is 0 Å². The molecular formula is C24H29BrF2N2O4. The molecule has 0 radical (unpaired) electrons. The molecule has 0 saturated heterocycles. The van der Waals surface area contributed by atoms with Gasteiger partial charge in [-0.15, -0.1) is 0 Å². The summed E-state index contributed by atoms with van der Waals surface area (Å²) in [4.78, 5) is 25.9. The van der Waals surface area contributed by atoms with E-state index in [0.29, 0.717) is 0 Å². The van der Waals surface area contributed by atoms with Gasteiger partial charge in [0.1, 0.15) is 17.2 Å². The Morgan fingerprint density at radius 2 is 1.76 bits per heavy atom. The lowest BCUT2D eigenvalue weighted by atomic mass is 10.00. The molecule has 0 aliphatic rings. The molecule has 2 rings (SSSR count). The largest absolute Gasteiger partial charge is 0.444 e. The summed E-state index contributed by atoms with van der Waals surface area (Å²) in [5.74, 6) is -1.94. The lowest BCUT2D eigenvalue weighted by Gasteiger charge is -2.32. The summed E-state index contributed by atoms with van der Waals surface area (Å²) >= 11 is 3.40. The average Bonchev–Trinajstić information content (AvgIpc) is 2.64. The Morgan fingerprint density at radius 1 is 1.12 bits per heavy atom. The number of carbonyl (C=O) groups is 2. The van der Waals surface area contributed by atoms with E-state index < -0.39 is 41.4 Å². The van der Waals surface area contributed by atoms with Gasteiger partial charge in [-0.1, -0.05) is 28.1 Å². The molecule has 0 unspecified atom stereocenters. The molecule has 0 aromatic heterocycles. The predicted octanol–water partition coefficient (Wildman–Crippen LogP) is 4.57. The van der Waals surface area contributed by atoms with Crippen molar-refractivity contribution in [3.05, 3.63) is 69.7 Å². The SMILES string of the molecule is CC(=O)N[C@@H](Cc1cc(F)cc(F)c1)[C@H](O)CN(Cc1cccc(Br)c1)C(=O)OC(C)(C)C. The second-order valence-corrected chi connectivity index (χ2v) is 9.76. The van der Waals surface area contributed by atoms with E-state index in [4.69, 9.17) is 4.74 Å². The Balaban J connectivity index is 2.26. The lowest BCUT2D eigenvalue weighted by Crippen LogP contribution is -2.50. The number of nitrogens with one attached hydrogen (secondary N) is 1. The molecule has 0 spiro atoms. The maximum absolute atomic E-state index is 13.6. The van der Waals surface area contributed by atoms with Gasteiger partial charge in [0.05, 0.1) is 18.7 Å². The Kier molecular flexibility index (Phi) is 9.36. The highest BCUT2D eigenvalue weighted by Crippen LogP contribution is 2.18. The zero-order valence-corrected chi connectivity index (χ0v) is 20.7. The Labute approximate surface area is 201 Å². The van der Waals surface area contributed by atoms with Crippen LogP contribution in [0, 0.1) is 11.6 Å². The van der Waals surface area contributed by atoms with Crippen LogP contribution in [-0.4, -0.2) is 46.3 Å². The number of aliphatic hydroxyl groups is 1. The number of nitrogens with zero attached hydrogens (tertiary/aromatic N) is 1. The lowest BCUT2D eigenvalue weighted by molar-refractivity contribution is -0.120. The fraction of sp³-hybridized carbons (Fsp3) is 0.417. The summed E-state index contributed by atoms with van der Waals surface area (Å²) in [6, 6.07) is 9.46. The molecular weight excluding hydrogens is 498 g/mol. The monoisotopic (exact) mass is 526 g/mol. The number of carbonyl (C=O) groups excluding carboxylic acids is 2. The summed E-state index contributed by atoms with van der Waals surface area (Å²) in [6.07, 6.45) is -1.91. The summed E-state index contributed by atoms with van der Waals surface area (Å²) in [5.41, 5.74) is 0.306. The third-order valence-electron chi connectivity index (χ3n) is 4.55. The van der Waals surface area contributed by atoms with E-state index in [1.54, 1.807) is 20.8 Å². The molecule has 2 aromatic rings. The van der Waals surface area contributed by atoms with Crippen LogP contribution in [0.4, 0.5) is 13.6 Å². The molecule has 0 aliphatic heterocycles. The van der Waals surface area contributed by atoms with Crippen molar-refractivity contribution in [2.24, 2.45) is 0 Å². The number of ether oxygens (including phenoxy) is 1. The fourth-order valence-corrected chi connectivity index (χ4v) is 3.71. The number of aliphatic hydroxyl groups excluding tert-OH is 1. The molecule has 0 fully saturated rings. The highest BCUT2D eigenvalue weighted by atomic mass is 79.9. The second-order valence-electron chi connectivity index (χ2n) is 8.85. The first kappa shape index (κ1) is 26.7. The molecule has 2 atom stereocenters. The highest BCUT2D eigenvalue weighted by molar-refractivity contribution is 9.10.